The van der Waals surface area contributed by atoms with Gasteiger partial charge in [0.05, 0.1) is 18.5 Å². The highest BCUT2D eigenvalue weighted by Crippen LogP contribution is 2.19. The molecule has 47 heavy (non-hydrogen) atoms. The van der Waals surface area contributed by atoms with E-state index in [1.165, 1.54) is 0 Å². The van der Waals surface area contributed by atoms with Crippen LogP contribution in [-0.2, 0) is 41.6 Å². The van der Waals surface area contributed by atoms with Crippen molar-refractivity contribution in [2.75, 3.05) is 6.54 Å². The van der Waals surface area contributed by atoms with E-state index in [9.17, 15) is 28.8 Å². The van der Waals surface area contributed by atoms with Crippen LogP contribution in [0.5, 0.6) is 0 Å². The number of fused-ring (bicyclic) bond motifs is 1. The molecule has 0 radical (unpaired) electrons. The van der Waals surface area contributed by atoms with Gasteiger partial charge in [0.25, 0.3) is 0 Å². The summed E-state index contributed by atoms with van der Waals surface area (Å²) in [6.45, 7) is 3.52. The second-order valence-electron chi connectivity index (χ2n) is 11.8. The lowest BCUT2D eigenvalue weighted by atomic mass is 10.0. The number of nitrogens with one attached hydrogen (secondary N) is 5. The van der Waals surface area contributed by atoms with Gasteiger partial charge in [-0.25, -0.2) is 0 Å². The van der Waals surface area contributed by atoms with Gasteiger partial charge in [-0.3, -0.25) is 24.0 Å². The number of carboxylic acids is 1. The Bertz CT molecular complexity index is 1540. The van der Waals surface area contributed by atoms with Gasteiger partial charge in [0.15, 0.2) is 0 Å². The smallest absolute Gasteiger partial charge is 0.305 e. The number of hydrogen-bond acceptors (Lipinski definition) is 8. The van der Waals surface area contributed by atoms with Gasteiger partial charge in [-0.2, -0.15) is 0 Å². The van der Waals surface area contributed by atoms with E-state index in [2.05, 4.69) is 26.3 Å². The number of carboxylic acid groups (broad SMARTS) is 1. The minimum Gasteiger partial charge on any atom is -0.481 e. The first-order valence-corrected chi connectivity index (χ1v) is 15.3. The van der Waals surface area contributed by atoms with E-state index in [0.717, 1.165) is 10.9 Å². The lowest BCUT2D eigenvalue weighted by molar-refractivity contribution is -0.139. The van der Waals surface area contributed by atoms with Crippen LogP contribution in [0.3, 0.4) is 0 Å². The SMILES string of the molecule is CC(C)CC(C=O)NC(=O)C(CN)NC(=O)C(Cc1ccccc1)NC(=O)C(Cc1c[nH]c2ccccc12)NC(=O)C(N)CC(=O)O. The Morgan fingerprint density at radius 3 is 2.00 bits per heavy atom. The number of nitrogens with two attached hydrogens (primary N) is 2. The van der Waals surface area contributed by atoms with Gasteiger partial charge in [-0.05, 0) is 29.5 Å². The highest BCUT2D eigenvalue weighted by molar-refractivity contribution is 5.96. The Hall–Kier alpha value is -5.08. The molecule has 0 aliphatic carbocycles. The fraction of sp³-hybridized carbons (Fsp3) is 0.394. The Morgan fingerprint density at radius 2 is 1.38 bits per heavy atom. The Labute approximate surface area is 272 Å². The Balaban J connectivity index is 1.87. The van der Waals surface area contributed by atoms with E-state index in [-0.39, 0.29) is 25.3 Å². The summed E-state index contributed by atoms with van der Waals surface area (Å²) in [5.74, 6) is -4.14. The summed E-state index contributed by atoms with van der Waals surface area (Å²) in [5.41, 5.74) is 13.8. The van der Waals surface area contributed by atoms with Crippen molar-refractivity contribution in [2.45, 2.75) is 69.7 Å². The van der Waals surface area contributed by atoms with E-state index < -0.39 is 66.2 Å². The van der Waals surface area contributed by atoms with Crippen LogP contribution >= 0.6 is 0 Å². The first-order valence-electron chi connectivity index (χ1n) is 15.3. The molecule has 0 saturated carbocycles. The molecule has 10 N–H and O–H groups in total. The largest absolute Gasteiger partial charge is 0.481 e. The number of benzene rings is 2. The van der Waals surface area contributed by atoms with Crippen molar-refractivity contribution in [3.05, 3.63) is 71.9 Å². The second kappa shape index (κ2) is 17.6. The molecule has 14 heteroatoms. The van der Waals surface area contributed by atoms with E-state index in [1.807, 2.05) is 38.1 Å². The van der Waals surface area contributed by atoms with Crippen molar-refractivity contribution in [2.24, 2.45) is 17.4 Å². The van der Waals surface area contributed by atoms with Crippen LogP contribution < -0.4 is 32.7 Å². The number of aromatic amines is 1. The van der Waals surface area contributed by atoms with Gasteiger partial charge in [0, 0.05) is 36.5 Å². The maximum absolute atomic E-state index is 13.9. The third-order valence-corrected chi connectivity index (χ3v) is 7.46. The predicted molar refractivity (Wildman–Crippen MR) is 175 cm³/mol. The lowest BCUT2D eigenvalue weighted by Crippen LogP contribution is -2.60. The van der Waals surface area contributed by atoms with Crippen molar-refractivity contribution >= 4 is 46.8 Å². The average Bonchev–Trinajstić information content (AvgIpc) is 3.44. The summed E-state index contributed by atoms with van der Waals surface area (Å²) in [6, 6.07) is 10.3. The minimum atomic E-state index is -1.43. The van der Waals surface area contributed by atoms with Crippen molar-refractivity contribution in [3.63, 3.8) is 0 Å². The quantitative estimate of drug-likeness (QED) is 0.0857. The number of rotatable bonds is 18. The van der Waals surface area contributed by atoms with Gasteiger partial charge in [0.2, 0.25) is 23.6 Å². The van der Waals surface area contributed by atoms with Gasteiger partial charge < -0.3 is 47.6 Å². The number of para-hydroxylation sites is 1. The molecule has 14 nitrogen and oxygen atoms in total. The zero-order chi connectivity index (χ0) is 34.5. The zero-order valence-electron chi connectivity index (χ0n) is 26.4. The summed E-state index contributed by atoms with van der Waals surface area (Å²) < 4.78 is 0. The number of aliphatic carboxylic acids is 1. The molecule has 3 aromatic rings. The third-order valence-electron chi connectivity index (χ3n) is 7.46. The van der Waals surface area contributed by atoms with Crippen LogP contribution in [0.25, 0.3) is 10.9 Å². The van der Waals surface area contributed by atoms with Gasteiger partial charge in [-0.1, -0.05) is 62.4 Å². The normalized spacial score (nSPS) is 14.3. The summed E-state index contributed by atoms with van der Waals surface area (Å²) in [6.07, 6.45) is 2.06. The molecule has 2 aromatic carbocycles. The topological polar surface area (TPSA) is 239 Å². The molecule has 0 bridgehead atoms. The van der Waals surface area contributed by atoms with E-state index in [4.69, 9.17) is 16.6 Å². The molecular weight excluding hydrogens is 606 g/mol. The number of amides is 4. The fourth-order valence-electron chi connectivity index (χ4n) is 5.06. The molecule has 0 aliphatic rings. The van der Waals surface area contributed by atoms with Gasteiger partial charge in [-0.15, -0.1) is 0 Å². The first kappa shape index (κ1) is 36.4. The molecule has 3 rings (SSSR count). The van der Waals surface area contributed by atoms with Crippen LogP contribution in [0.1, 0.15) is 37.8 Å². The second-order valence-corrected chi connectivity index (χ2v) is 11.8. The first-order chi connectivity index (χ1) is 22.4. The van der Waals surface area contributed by atoms with E-state index in [0.29, 0.717) is 23.8 Å². The fourth-order valence-corrected chi connectivity index (χ4v) is 5.06. The third kappa shape index (κ3) is 11.0. The predicted octanol–water partition coefficient (Wildman–Crippen LogP) is -0.102. The van der Waals surface area contributed by atoms with E-state index >= 15 is 0 Å². The van der Waals surface area contributed by atoms with Crippen molar-refractivity contribution in [1.82, 2.24) is 26.3 Å². The van der Waals surface area contributed by atoms with Crippen molar-refractivity contribution in [3.8, 4) is 0 Å². The lowest BCUT2D eigenvalue weighted by Gasteiger charge is -2.26. The minimum absolute atomic E-state index is 0.0161. The molecule has 0 aliphatic heterocycles. The Morgan fingerprint density at radius 1 is 0.809 bits per heavy atom. The maximum atomic E-state index is 13.9. The van der Waals surface area contributed by atoms with Crippen LogP contribution in [0.2, 0.25) is 0 Å². The number of aromatic nitrogens is 1. The maximum Gasteiger partial charge on any atom is 0.305 e. The number of H-pyrrole nitrogens is 1. The summed E-state index contributed by atoms with van der Waals surface area (Å²) in [4.78, 5) is 79.1. The van der Waals surface area contributed by atoms with Crippen LogP contribution in [0.4, 0.5) is 0 Å². The van der Waals surface area contributed by atoms with Gasteiger partial charge in [0.1, 0.15) is 24.4 Å². The summed E-state index contributed by atoms with van der Waals surface area (Å²) in [7, 11) is 0. The highest BCUT2D eigenvalue weighted by atomic mass is 16.4. The molecule has 0 spiro atoms. The van der Waals surface area contributed by atoms with Gasteiger partial charge >= 0.3 is 5.97 Å². The standard InChI is InChI=1S/C33H43N7O7/c1-19(2)12-22(18-41)37-33(47)28(16-34)40-31(45)26(13-20-8-4-3-5-9-20)39-32(46)27(38-30(44)24(35)15-29(42)43)14-21-17-36-25-11-7-6-10-23(21)25/h3-11,17-19,22,24,26-28,36H,12-16,34-35H2,1-2H3,(H,37,47)(H,38,44)(H,39,46)(H,40,45)(H,42,43). The monoisotopic (exact) mass is 649 g/mol. The molecular formula is C33H43N7O7. The number of hydrogen-bond donors (Lipinski definition) is 8. The van der Waals surface area contributed by atoms with Crippen LogP contribution in [-0.4, -0.2) is 82.7 Å². The molecule has 0 fully saturated rings. The molecule has 1 heterocycles. The van der Waals surface area contributed by atoms with Crippen molar-refractivity contribution < 1.29 is 33.9 Å². The van der Waals surface area contributed by atoms with Crippen LogP contribution in [0, 0.1) is 5.92 Å². The molecule has 252 valence electrons. The summed E-state index contributed by atoms with van der Waals surface area (Å²) >= 11 is 0. The number of aldehydes is 1. The Kier molecular flexibility index (Phi) is 13.6. The van der Waals surface area contributed by atoms with E-state index in [1.54, 1.807) is 36.5 Å². The molecule has 4 amide bonds. The molecule has 1 aromatic heterocycles. The number of carbonyl (C=O) groups is 6. The summed E-state index contributed by atoms with van der Waals surface area (Å²) in [5, 5.41) is 20.3. The molecule has 5 atom stereocenters. The molecule has 5 unspecified atom stereocenters. The zero-order valence-corrected chi connectivity index (χ0v) is 26.4. The van der Waals surface area contributed by atoms with Crippen LogP contribution in [0.15, 0.2) is 60.8 Å². The molecule has 0 saturated heterocycles. The number of carbonyl (C=O) groups excluding carboxylic acids is 5. The van der Waals surface area contributed by atoms with Crippen molar-refractivity contribution in [1.29, 1.82) is 0 Å². The highest BCUT2D eigenvalue weighted by Gasteiger charge is 2.32. The average molecular weight is 650 g/mol.